The first kappa shape index (κ1) is 18.6. The van der Waals surface area contributed by atoms with Crippen LogP contribution in [0.1, 0.15) is 22.8 Å². The highest BCUT2D eigenvalue weighted by atomic mass is 35.5. The lowest BCUT2D eigenvalue weighted by atomic mass is 10.2. The second-order valence-corrected chi connectivity index (χ2v) is 6.08. The summed E-state index contributed by atoms with van der Waals surface area (Å²) in [7, 11) is 0. The molecule has 0 unspecified atom stereocenters. The Morgan fingerprint density at radius 1 is 1.15 bits per heavy atom. The van der Waals surface area contributed by atoms with Gasteiger partial charge in [-0.25, -0.2) is 4.79 Å². The summed E-state index contributed by atoms with van der Waals surface area (Å²) >= 11 is 5.98. The Balaban J connectivity index is 1.82. The van der Waals surface area contributed by atoms with Crippen molar-refractivity contribution in [2.45, 2.75) is 13.8 Å². The molecule has 2 N–H and O–H groups in total. The molecule has 2 aromatic carbocycles. The summed E-state index contributed by atoms with van der Waals surface area (Å²) in [6.45, 7) is 4.00. The summed E-state index contributed by atoms with van der Waals surface area (Å²) in [6, 6.07) is 12.5. The van der Waals surface area contributed by atoms with Gasteiger partial charge >= 0.3 is 5.97 Å². The summed E-state index contributed by atoms with van der Waals surface area (Å²) in [4.78, 5) is 16.5. The number of esters is 1. The Bertz CT molecular complexity index is 964. The van der Waals surface area contributed by atoms with Gasteiger partial charge in [0.1, 0.15) is 0 Å². The smallest absolute Gasteiger partial charge is 0.340 e. The van der Waals surface area contributed by atoms with E-state index in [1.807, 2.05) is 19.1 Å². The van der Waals surface area contributed by atoms with Crippen molar-refractivity contribution in [3.05, 3.63) is 64.8 Å². The molecule has 0 radical (unpaired) electrons. The van der Waals surface area contributed by atoms with Gasteiger partial charge in [-0.05, 0) is 49.7 Å². The molecule has 0 saturated heterocycles. The van der Waals surface area contributed by atoms with Gasteiger partial charge in [0.25, 0.3) is 0 Å². The molecule has 0 aliphatic carbocycles. The zero-order valence-electron chi connectivity index (χ0n) is 14.9. The number of aromatic nitrogens is 3. The van der Waals surface area contributed by atoms with E-state index in [0.717, 1.165) is 11.3 Å². The number of carbonyl (C=O) groups excluding carboxylic acids is 1. The number of hydrogen-bond acceptors (Lipinski definition) is 7. The van der Waals surface area contributed by atoms with Crippen molar-refractivity contribution >= 4 is 40.7 Å². The molecule has 0 spiro atoms. The maximum absolute atomic E-state index is 12.1. The Labute approximate surface area is 161 Å². The molecule has 0 aliphatic heterocycles. The summed E-state index contributed by atoms with van der Waals surface area (Å²) in [5.74, 6) is 0.342. The molecule has 0 bridgehead atoms. The minimum atomic E-state index is -0.417. The van der Waals surface area contributed by atoms with Crippen molar-refractivity contribution in [2.75, 3.05) is 17.2 Å². The van der Waals surface area contributed by atoms with Crippen LogP contribution in [0.4, 0.5) is 23.1 Å². The van der Waals surface area contributed by atoms with Gasteiger partial charge < -0.3 is 15.4 Å². The van der Waals surface area contributed by atoms with E-state index in [-0.39, 0.29) is 5.95 Å². The maximum atomic E-state index is 12.1. The number of rotatable bonds is 6. The Kier molecular flexibility index (Phi) is 5.83. The highest BCUT2D eigenvalue weighted by molar-refractivity contribution is 6.30. The van der Waals surface area contributed by atoms with E-state index >= 15 is 0 Å². The van der Waals surface area contributed by atoms with E-state index in [2.05, 4.69) is 25.8 Å². The van der Waals surface area contributed by atoms with Crippen LogP contribution in [-0.4, -0.2) is 27.8 Å². The lowest BCUT2D eigenvalue weighted by Gasteiger charge is -2.11. The number of nitrogens with zero attached hydrogens (tertiary/aromatic N) is 3. The first-order valence-corrected chi connectivity index (χ1v) is 8.70. The molecule has 1 aromatic heterocycles. The van der Waals surface area contributed by atoms with Crippen molar-refractivity contribution < 1.29 is 9.53 Å². The molecule has 0 fully saturated rings. The first-order valence-electron chi connectivity index (χ1n) is 8.33. The third-order valence-electron chi connectivity index (χ3n) is 3.68. The third kappa shape index (κ3) is 4.71. The molecule has 8 heteroatoms. The second-order valence-electron chi connectivity index (χ2n) is 5.64. The van der Waals surface area contributed by atoms with E-state index in [9.17, 15) is 4.79 Å². The fraction of sp³-hybridized carbons (Fsp3) is 0.158. The Morgan fingerprint density at radius 2 is 1.96 bits per heavy atom. The third-order valence-corrected chi connectivity index (χ3v) is 3.91. The van der Waals surface area contributed by atoms with E-state index < -0.39 is 5.97 Å². The van der Waals surface area contributed by atoms with Gasteiger partial charge in [-0.3, -0.25) is 0 Å². The maximum Gasteiger partial charge on any atom is 0.340 e. The lowest BCUT2D eigenvalue weighted by molar-refractivity contribution is 0.0527. The fourth-order valence-electron chi connectivity index (χ4n) is 2.42. The standard InChI is InChI=1S/C19H18ClN5O2/c1-3-27-18(26)14-6-4-5-7-16(14)23-19-24-17(11-21-25-19)22-15-9-8-13(20)10-12(15)2/h4-11H,3H2,1-2H3,(H2,22,23,24,25). The number of benzene rings is 2. The minimum Gasteiger partial charge on any atom is -0.462 e. The number of aryl methyl sites for hydroxylation is 1. The van der Waals surface area contributed by atoms with Gasteiger partial charge in [-0.1, -0.05) is 23.7 Å². The van der Waals surface area contributed by atoms with Crippen LogP contribution in [-0.2, 0) is 4.74 Å². The SMILES string of the molecule is CCOC(=O)c1ccccc1Nc1nncc(Nc2ccc(Cl)cc2C)n1. The van der Waals surface area contributed by atoms with Crippen molar-refractivity contribution in [2.24, 2.45) is 0 Å². The lowest BCUT2D eigenvalue weighted by Crippen LogP contribution is -2.09. The van der Waals surface area contributed by atoms with Crippen LogP contribution in [0.3, 0.4) is 0 Å². The summed E-state index contributed by atoms with van der Waals surface area (Å²) in [5.41, 5.74) is 2.77. The number of anilines is 4. The highest BCUT2D eigenvalue weighted by Crippen LogP contribution is 2.24. The quantitative estimate of drug-likeness (QED) is 0.606. The summed E-state index contributed by atoms with van der Waals surface area (Å²) in [5, 5.41) is 14.8. The number of para-hydroxylation sites is 1. The van der Waals surface area contributed by atoms with Gasteiger partial charge in [-0.2, -0.15) is 10.1 Å². The predicted octanol–water partition coefficient (Wildman–Crippen LogP) is 4.50. The molecule has 3 aromatic rings. The van der Waals surface area contributed by atoms with Crippen LogP contribution in [0.2, 0.25) is 5.02 Å². The van der Waals surface area contributed by atoms with Gasteiger partial charge in [-0.15, -0.1) is 5.10 Å². The van der Waals surface area contributed by atoms with Crippen LogP contribution in [0, 0.1) is 6.92 Å². The normalized spacial score (nSPS) is 10.3. The second kappa shape index (κ2) is 8.46. The molecule has 0 amide bonds. The molecular formula is C19H18ClN5O2. The Hall–Kier alpha value is -3.19. The van der Waals surface area contributed by atoms with E-state index in [0.29, 0.717) is 28.7 Å². The number of nitrogens with one attached hydrogen (secondary N) is 2. The monoisotopic (exact) mass is 383 g/mol. The molecule has 0 aliphatic rings. The predicted molar refractivity (Wildman–Crippen MR) is 105 cm³/mol. The molecule has 0 saturated carbocycles. The number of ether oxygens (including phenoxy) is 1. The molecular weight excluding hydrogens is 366 g/mol. The molecule has 1 heterocycles. The van der Waals surface area contributed by atoms with Crippen molar-refractivity contribution in [1.82, 2.24) is 15.2 Å². The molecule has 7 nitrogen and oxygen atoms in total. The minimum absolute atomic E-state index is 0.253. The van der Waals surface area contributed by atoms with E-state index in [1.54, 1.807) is 37.3 Å². The van der Waals surface area contributed by atoms with Gasteiger partial charge in [0, 0.05) is 10.7 Å². The highest BCUT2D eigenvalue weighted by Gasteiger charge is 2.13. The molecule has 3 rings (SSSR count). The molecule has 27 heavy (non-hydrogen) atoms. The van der Waals surface area contributed by atoms with Crippen LogP contribution >= 0.6 is 11.6 Å². The van der Waals surface area contributed by atoms with Gasteiger partial charge in [0.15, 0.2) is 5.82 Å². The average Bonchev–Trinajstić information content (AvgIpc) is 2.65. The van der Waals surface area contributed by atoms with E-state index in [1.165, 1.54) is 6.20 Å². The van der Waals surface area contributed by atoms with Crippen LogP contribution in [0.25, 0.3) is 0 Å². The van der Waals surface area contributed by atoms with Crippen LogP contribution in [0.5, 0.6) is 0 Å². The number of hydrogen-bond donors (Lipinski definition) is 2. The number of carbonyl (C=O) groups is 1. The van der Waals surface area contributed by atoms with Gasteiger partial charge in [0.05, 0.1) is 24.1 Å². The zero-order chi connectivity index (χ0) is 19.2. The van der Waals surface area contributed by atoms with Gasteiger partial charge in [0.2, 0.25) is 5.95 Å². The van der Waals surface area contributed by atoms with Crippen molar-refractivity contribution in [3.63, 3.8) is 0 Å². The summed E-state index contributed by atoms with van der Waals surface area (Å²) in [6.07, 6.45) is 1.51. The Morgan fingerprint density at radius 3 is 2.74 bits per heavy atom. The van der Waals surface area contributed by atoms with Crippen molar-refractivity contribution in [3.8, 4) is 0 Å². The largest absolute Gasteiger partial charge is 0.462 e. The molecule has 138 valence electrons. The fourth-order valence-corrected chi connectivity index (χ4v) is 2.65. The first-order chi connectivity index (χ1) is 13.1. The van der Waals surface area contributed by atoms with Crippen molar-refractivity contribution in [1.29, 1.82) is 0 Å². The van der Waals surface area contributed by atoms with E-state index in [4.69, 9.17) is 16.3 Å². The zero-order valence-corrected chi connectivity index (χ0v) is 15.6. The number of halogens is 1. The topological polar surface area (TPSA) is 89.0 Å². The molecule has 0 atom stereocenters. The van der Waals surface area contributed by atoms with Crippen LogP contribution < -0.4 is 10.6 Å². The average molecular weight is 384 g/mol. The summed E-state index contributed by atoms with van der Waals surface area (Å²) < 4.78 is 5.07. The van der Waals surface area contributed by atoms with Crippen LogP contribution in [0.15, 0.2) is 48.7 Å².